The van der Waals surface area contributed by atoms with Crippen LogP contribution >= 0.6 is 0 Å². The molecule has 9 heteroatoms. The molecule has 4 aromatic rings. The van der Waals surface area contributed by atoms with Crippen LogP contribution in [0, 0.1) is 12.7 Å². The van der Waals surface area contributed by atoms with E-state index in [1.165, 1.54) is 32.6 Å². The van der Waals surface area contributed by atoms with Crippen LogP contribution in [0.2, 0.25) is 0 Å². The zero-order valence-corrected chi connectivity index (χ0v) is 14.3. The third-order valence-electron chi connectivity index (χ3n) is 4.15. The van der Waals surface area contributed by atoms with E-state index in [0.717, 1.165) is 10.6 Å². The first-order valence-electron chi connectivity index (χ1n) is 7.91. The largest absolute Gasteiger partial charge is 0.464 e. The molecule has 8 nitrogen and oxygen atoms in total. The maximum atomic E-state index is 14.7. The van der Waals surface area contributed by atoms with Crippen LogP contribution in [0.4, 0.5) is 4.39 Å². The Morgan fingerprint density at radius 2 is 2.07 bits per heavy atom. The molecule has 27 heavy (non-hydrogen) atoms. The minimum absolute atomic E-state index is 0.0999. The first-order valence-corrected chi connectivity index (χ1v) is 7.91. The van der Waals surface area contributed by atoms with Crippen molar-refractivity contribution >= 4 is 11.0 Å². The second-order valence-electron chi connectivity index (χ2n) is 5.84. The molecule has 0 atom stereocenters. The van der Waals surface area contributed by atoms with Crippen molar-refractivity contribution in [3.63, 3.8) is 0 Å². The molecule has 0 aliphatic carbocycles. The smallest absolute Gasteiger partial charge is 0.328 e. The molecule has 0 aliphatic rings. The fourth-order valence-corrected chi connectivity index (χ4v) is 2.78. The lowest BCUT2D eigenvalue weighted by molar-refractivity contribution is 0.460. The van der Waals surface area contributed by atoms with E-state index in [-0.39, 0.29) is 28.6 Å². The van der Waals surface area contributed by atoms with Crippen LogP contribution in [0.25, 0.3) is 22.4 Å². The van der Waals surface area contributed by atoms with Gasteiger partial charge in [0.25, 0.3) is 5.56 Å². The number of nitrogens with one attached hydrogen (secondary N) is 1. The third kappa shape index (κ3) is 2.78. The van der Waals surface area contributed by atoms with Gasteiger partial charge in [-0.1, -0.05) is 0 Å². The highest BCUT2D eigenvalue weighted by molar-refractivity contribution is 5.82. The maximum Gasteiger partial charge on any atom is 0.328 e. The van der Waals surface area contributed by atoms with Crippen LogP contribution in [0.5, 0.6) is 11.6 Å². The normalized spacial score (nSPS) is 11.1. The molecule has 0 amide bonds. The van der Waals surface area contributed by atoms with Gasteiger partial charge in [0.1, 0.15) is 11.3 Å². The molecule has 0 saturated carbocycles. The van der Waals surface area contributed by atoms with Gasteiger partial charge >= 0.3 is 5.69 Å². The van der Waals surface area contributed by atoms with Gasteiger partial charge in [-0.15, -0.1) is 0 Å². The predicted molar refractivity (Wildman–Crippen MR) is 94.3 cm³/mol. The highest BCUT2D eigenvalue weighted by Crippen LogP contribution is 2.30. The molecule has 0 aromatic carbocycles. The Morgan fingerprint density at radius 1 is 1.26 bits per heavy atom. The van der Waals surface area contributed by atoms with E-state index in [1.807, 2.05) is 0 Å². The summed E-state index contributed by atoms with van der Waals surface area (Å²) < 4.78 is 26.7. The van der Waals surface area contributed by atoms with Crippen molar-refractivity contribution in [2.75, 3.05) is 0 Å². The van der Waals surface area contributed by atoms with Crippen molar-refractivity contribution in [3.05, 3.63) is 69.1 Å². The van der Waals surface area contributed by atoms with E-state index >= 15 is 0 Å². The van der Waals surface area contributed by atoms with Crippen LogP contribution in [-0.4, -0.2) is 19.5 Å². The van der Waals surface area contributed by atoms with E-state index < -0.39 is 17.1 Å². The topological polar surface area (TPSA) is 103 Å². The van der Waals surface area contributed by atoms with E-state index in [1.54, 1.807) is 12.1 Å². The van der Waals surface area contributed by atoms with Crippen molar-refractivity contribution in [2.24, 2.45) is 7.05 Å². The lowest BCUT2D eigenvalue weighted by atomic mass is 10.1. The number of H-pyrrole nitrogens is 1. The third-order valence-corrected chi connectivity index (χ3v) is 4.15. The number of halogens is 1. The Bertz CT molecular complexity index is 1250. The number of furan rings is 1. The van der Waals surface area contributed by atoms with Crippen LogP contribution in [0.1, 0.15) is 5.56 Å². The van der Waals surface area contributed by atoms with E-state index in [0.29, 0.717) is 11.0 Å². The molecule has 0 fully saturated rings. The molecule has 0 radical (unpaired) electrons. The van der Waals surface area contributed by atoms with Gasteiger partial charge < -0.3 is 9.15 Å². The van der Waals surface area contributed by atoms with Gasteiger partial charge in [-0.2, -0.15) is 0 Å². The summed E-state index contributed by atoms with van der Waals surface area (Å²) in [6, 6.07) is 4.49. The average molecular weight is 368 g/mol. The van der Waals surface area contributed by atoms with Crippen LogP contribution in [0.15, 0.2) is 50.9 Å². The van der Waals surface area contributed by atoms with Crippen LogP contribution < -0.4 is 16.0 Å². The van der Waals surface area contributed by atoms with Gasteiger partial charge in [0.2, 0.25) is 5.88 Å². The average Bonchev–Trinajstić information content (AvgIpc) is 3.12. The monoisotopic (exact) mass is 368 g/mol. The van der Waals surface area contributed by atoms with Crippen molar-refractivity contribution in [3.8, 4) is 23.0 Å². The molecule has 0 unspecified atom stereocenters. The summed E-state index contributed by atoms with van der Waals surface area (Å²) in [6.07, 6.45) is 4.30. The Kier molecular flexibility index (Phi) is 3.84. The quantitative estimate of drug-likeness (QED) is 0.596. The number of aromatic nitrogens is 4. The van der Waals surface area contributed by atoms with Gasteiger partial charge in [0.15, 0.2) is 11.6 Å². The number of hydrogen-bond acceptors (Lipinski definition) is 6. The number of ether oxygens (including phenoxy) is 1. The van der Waals surface area contributed by atoms with Gasteiger partial charge in [0.05, 0.1) is 23.5 Å². The molecule has 0 aliphatic heterocycles. The molecule has 4 heterocycles. The fourth-order valence-electron chi connectivity index (χ4n) is 2.78. The maximum absolute atomic E-state index is 14.7. The van der Waals surface area contributed by atoms with Gasteiger partial charge in [-0.3, -0.25) is 14.3 Å². The molecule has 0 spiro atoms. The number of nitrogens with zero attached hydrogens (tertiary/aromatic N) is 3. The minimum Gasteiger partial charge on any atom is -0.464 e. The first kappa shape index (κ1) is 16.7. The Morgan fingerprint density at radius 3 is 2.85 bits per heavy atom. The second kappa shape index (κ2) is 6.20. The van der Waals surface area contributed by atoms with Crippen molar-refractivity contribution in [1.82, 2.24) is 19.5 Å². The number of pyridine rings is 2. The summed E-state index contributed by atoms with van der Waals surface area (Å²) in [5.41, 5.74) is -0.507. The molecule has 1 N–H and O–H groups in total. The highest BCUT2D eigenvalue weighted by atomic mass is 19.1. The summed E-state index contributed by atoms with van der Waals surface area (Å²) in [6.45, 7) is 1.49. The molecule has 4 aromatic heterocycles. The zero-order chi connectivity index (χ0) is 19.1. The van der Waals surface area contributed by atoms with E-state index in [4.69, 9.17) is 9.15 Å². The zero-order valence-electron chi connectivity index (χ0n) is 14.3. The Balaban J connectivity index is 1.78. The van der Waals surface area contributed by atoms with Gasteiger partial charge in [-0.05, 0) is 19.1 Å². The van der Waals surface area contributed by atoms with Crippen molar-refractivity contribution in [1.29, 1.82) is 0 Å². The first-order chi connectivity index (χ1) is 13.0. The standard InChI is InChI=1S/C18H13FN4O4/c1-9-15(23(2)18(25)22-16(9)24)14-12(19)7-10(8-21-14)27-17-11-4-6-26-13(11)3-5-20-17/h3-8H,1-2H3,(H,22,24,25). The SMILES string of the molecule is Cc1c(-c2ncc(Oc3nccc4occc34)cc2F)n(C)c(=O)[nH]c1=O. The van der Waals surface area contributed by atoms with E-state index in [2.05, 4.69) is 15.0 Å². The molecule has 0 bridgehead atoms. The molecular weight excluding hydrogens is 355 g/mol. The van der Waals surface area contributed by atoms with Crippen LogP contribution in [0.3, 0.4) is 0 Å². The van der Waals surface area contributed by atoms with E-state index in [9.17, 15) is 14.0 Å². The minimum atomic E-state index is -0.740. The van der Waals surface area contributed by atoms with Crippen molar-refractivity contribution < 1.29 is 13.5 Å². The lowest BCUT2D eigenvalue weighted by Crippen LogP contribution is -2.31. The fraction of sp³-hybridized carbons (Fsp3) is 0.111. The number of aromatic amines is 1. The lowest BCUT2D eigenvalue weighted by Gasteiger charge is -2.12. The van der Waals surface area contributed by atoms with Gasteiger partial charge in [-0.25, -0.2) is 19.2 Å². The predicted octanol–water partition coefficient (Wildman–Crippen LogP) is 2.52. The van der Waals surface area contributed by atoms with Crippen molar-refractivity contribution in [2.45, 2.75) is 6.92 Å². The summed E-state index contributed by atoms with van der Waals surface area (Å²) in [5, 5.41) is 0.634. The molecular formula is C18H13FN4O4. The number of fused-ring (bicyclic) bond motifs is 1. The molecule has 0 saturated heterocycles. The van der Waals surface area contributed by atoms with Crippen LogP contribution in [-0.2, 0) is 7.05 Å². The molecule has 4 rings (SSSR count). The number of hydrogen-bond donors (Lipinski definition) is 1. The summed E-state index contributed by atoms with van der Waals surface area (Å²) in [4.78, 5) is 34.0. The summed E-state index contributed by atoms with van der Waals surface area (Å²) >= 11 is 0. The summed E-state index contributed by atoms with van der Waals surface area (Å²) in [7, 11) is 1.43. The second-order valence-corrected chi connectivity index (χ2v) is 5.84. The summed E-state index contributed by atoms with van der Waals surface area (Å²) in [5.74, 6) is -0.379. The molecule has 136 valence electrons. The Hall–Kier alpha value is -3.75. The number of rotatable bonds is 3. The highest BCUT2D eigenvalue weighted by Gasteiger charge is 2.18. The Labute approximate surface area is 150 Å². The van der Waals surface area contributed by atoms with Gasteiger partial charge in [0, 0.05) is 24.9 Å².